The molecule has 0 aliphatic rings. The highest BCUT2D eigenvalue weighted by Gasteiger charge is 2.14. The van der Waals surface area contributed by atoms with E-state index in [-0.39, 0.29) is 11.8 Å². The summed E-state index contributed by atoms with van der Waals surface area (Å²) in [6.07, 6.45) is 3.89. The first kappa shape index (κ1) is 26.4. The van der Waals surface area contributed by atoms with Crippen LogP contribution in [0.3, 0.4) is 0 Å². The van der Waals surface area contributed by atoms with E-state index in [9.17, 15) is 4.79 Å². The second-order valence-electron chi connectivity index (χ2n) is 9.41. The number of ketones is 1. The minimum Gasteiger partial charge on any atom is -0.491 e. The summed E-state index contributed by atoms with van der Waals surface area (Å²) in [6.45, 7) is 2.65. The lowest BCUT2D eigenvalue weighted by molar-refractivity contribution is 0.0982. The van der Waals surface area contributed by atoms with Crippen LogP contribution in [0.25, 0.3) is 22.3 Å². The van der Waals surface area contributed by atoms with Gasteiger partial charge in [0, 0.05) is 35.0 Å². The fourth-order valence-electron chi connectivity index (χ4n) is 4.39. The Bertz CT molecular complexity index is 1480. The van der Waals surface area contributed by atoms with Crippen molar-refractivity contribution < 1.29 is 13.9 Å². The lowest BCUT2D eigenvalue weighted by atomic mass is 10.1. The van der Waals surface area contributed by atoms with Crippen molar-refractivity contribution in [1.29, 1.82) is 0 Å². The highest BCUT2D eigenvalue weighted by atomic mass is 35.5. The molecular formula is C30H30ClN5O3. The molecule has 0 spiro atoms. The van der Waals surface area contributed by atoms with Gasteiger partial charge in [0.1, 0.15) is 23.7 Å². The zero-order valence-corrected chi connectivity index (χ0v) is 22.4. The number of anilines is 1. The minimum absolute atomic E-state index is 0.0418. The molecule has 3 aromatic carbocycles. The van der Waals surface area contributed by atoms with Gasteiger partial charge < -0.3 is 14.5 Å². The number of carbonyl (C=O) groups excluding carboxylic acids is 1. The van der Waals surface area contributed by atoms with E-state index in [1.54, 1.807) is 0 Å². The largest absolute Gasteiger partial charge is 0.491 e. The molecule has 1 atom stereocenters. The third-order valence-electron chi connectivity index (χ3n) is 6.53. The number of benzene rings is 3. The molecule has 8 nitrogen and oxygen atoms in total. The number of aromatic amines is 1. The van der Waals surface area contributed by atoms with E-state index in [4.69, 9.17) is 20.8 Å². The Labute approximate surface area is 231 Å². The average Bonchev–Trinajstić information content (AvgIpc) is 3.63. The van der Waals surface area contributed by atoms with Gasteiger partial charge in [-0.25, -0.2) is 0 Å². The summed E-state index contributed by atoms with van der Waals surface area (Å²) < 4.78 is 12.1. The summed E-state index contributed by atoms with van der Waals surface area (Å²) in [6, 6.07) is 23.2. The first-order valence-corrected chi connectivity index (χ1v) is 13.5. The number of rotatable bonds is 13. The minimum atomic E-state index is 0.0418. The number of hydrogen-bond donors (Lipinski definition) is 2. The van der Waals surface area contributed by atoms with Crippen LogP contribution in [0.2, 0.25) is 5.02 Å². The SMILES string of the molecule is CCCC[C@@H](COc1ccc(-c2cc3ccccc3o2)c(Cl)c1)Nc1ccc(C(=O)CCc2nn[nH]n2)cc1. The fraction of sp³-hybridized carbons (Fsp3) is 0.267. The predicted octanol–water partition coefficient (Wildman–Crippen LogP) is 7.13. The number of tetrazole rings is 1. The molecule has 0 unspecified atom stereocenters. The van der Waals surface area contributed by atoms with Gasteiger partial charge in [-0.3, -0.25) is 4.79 Å². The molecule has 0 bridgehead atoms. The second kappa shape index (κ2) is 12.6. The van der Waals surface area contributed by atoms with Gasteiger partial charge in [0.2, 0.25) is 0 Å². The van der Waals surface area contributed by atoms with E-state index in [1.165, 1.54) is 0 Å². The lowest BCUT2D eigenvalue weighted by Gasteiger charge is -2.21. The maximum atomic E-state index is 12.5. The van der Waals surface area contributed by atoms with Crippen LogP contribution in [0.1, 0.15) is 48.8 Å². The summed E-state index contributed by atoms with van der Waals surface area (Å²) in [5, 5.41) is 18.9. The number of ether oxygens (including phenoxy) is 1. The molecule has 0 amide bonds. The number of H-pyrrole nitrogens is 1. The zero-order valence-electron chi connectivity index (χ0n) is 21.7. The summed E-state index contributed by atoms with van der Waals surface area (Å²) in [4.78, 5) is 12.5. The van der Waals surface area contributed by atoms with E-state index in [0.29, 0.717) is 41.6 Å². The summed E-state index contributed by atoms with van der Waals surface area (Å²) in [5.41, 5.74) is 3.25. The first-order valence-electron chi connectivity index (χ1n) is 13.1. The number of nitrogens with one attached hydrogen (secondary N) is 2. The number of nitrogens with zero attached hydrogens (tertiary/aromatic N) is 3. The first-order chi connectivity index (χ1) is 19.1. The van der Waals surface area contributed by atoms with Gasteiger partial charge in [-0.15, -0.1) is 10.2 Å². The Balaban J connectivity index is 1.19. The zero-order chi connectivity index (χ0) is 27.0. The highest BCUT2D eigenvalue weighted by Crippen LogP contribution is 2.34. The van der Waals surface area contributed by atoms with E-state index < -0.39 is 0 Å². The van der Waals surface area contributed by atoms with Gasteiger partial charge >= 0.3 is 0 Å². The number of Topliss-reactive ketones (excluding diaryl/α,β-unsaturated/α-hetero) is 1. The molecule has 0 saturated carbocycles. The lowest BCUT2D eigenvalue weighted by Crippen LogP contribution is -2.27. The van der Waals surface area contributed by atoms with Gasteiger partial charge in [-0.2, -0.15) is 5.21 Å². The van der Waals surface area contributed by atoms with Gasteiger partial charge in [0.25, 0.3) is 0 Å². The molecule has 0 saturated heterocycles. The number of halogens is 1. The van der Waals surface area contributed by atoms with Crippen LogP contribution >= 0.6 is 11.6 Å². The molecule has 0 aliphatic carbocycles. The average molecular weight is 544 g/mol. The van der Waals surface area contributed by atoms with Crippen LogP contribution in [0, 0.1) is 0 Å². The van der Waals surface area contributed by atoms with E-state index in [0.717, 1.165) is 47.2 Å². The molecule has 2 aromatic heterocycles. The third-order valence-corrected chi connectivity index (χ3v) is 6.84. The molecule has 5 rings (SSSR count). The maximum Gasteiger partial charge on any atom is 0.175 e. The van der Waals surface area contributed by atoms with Crippen LogP contribution < -0.4 is 10.1 Å². The van der Waals surface area contributed by atoms with Gasteiger partial charge in [-0.1, -0.05) is 54.8 Å². The molecule has 200 valence electrons. The number of hydrogen-bond acceptors (Lipinski definition) is 7. The van der Waals surface area contributed by atoms with Crippen molar-refractivity contribution in [2.24, 2.45) is 0 Å². The Kier molecular flexibility index (Phi) is 8.53. The molecule has 0 radical (unpaired) electrons. The van der Waals surface area contributed by atoms with Gasteiger partial charge in [-0.05, 0) is 61.0 Å². The monoisotopic (exact) mass is 543 g/mol. The predicted molar refractivity (Wildman–Crippen MR) is 152 cm³/mol. The standard InChI is InChI=1S/C30H30ClN5O3/c1-2-3-7-23(32-22-11-9-20(10-12-22)27(37)15-16-30-33-35-36-34-30)19-38-24-13-14-25(26(31)18-24)29-17-21-6-4-5-8-28(21)39-29/h4-6,8-14,17-18,23,32H,2-3,7,15-16,19H2,1H3,(H,33,34,35,36)/t23-/m0/s1. The van der Waals surface area contributed by atoms with E-state index in [1.807, 2.05) is 72.8 Å². The molecule has 9 heteroatoms. The quantitative estimate of drug-likeness (QED) is 0.152. The van der Waals surface area contributed by atoms with Crippen molar-refractivity contribution in [2.45, 2.75) is 45.1 Å². The molecule has 0 aliphatic heterocycles. The molecular weight excluding hydrogens is 514 g/mol. The third kappa shape index (κ3) is 6.83. The van der Waals surface area contributed by atoms with Crippen molar-refractivity contribution >= 4 is 34.0 Å². The smallest absolute Gasteiger partial charge is 0.175 e. The van der Waals surface area contributed by atoms with Crippen LogP contribution in [-0.2, 0) is 6.42 Å². The molecule has 2 heterocycles. The summed E-state index contributed by atoms with van der Waals surface area (Å²) >= 11 is 6.62. The number of furan rings is 1. The highest BCUT2D eigenvalue weighted by molar-refractivity contribution is 6.33. The normalized spacial score (nSPS) is 11.9. The van der Waals surface area contributed by atoms with E-state index in [2.05, 4.69) is 32.9 Å². The Morgan fingerprint density at radius 2 is 1.95 bits per heavy atom. The van der Waals surface area contributed by atoms with Crippen LogP contribution in [0.5, 0.6) is 5.75 Å². The van der Waals surface area contributed by atoms with Crippen molar-refractivity contribution in [2.75, 3.05) is 11.9 Å². The van der Waals surface area contributed by atoms with Crippen molar-refractivity contribution in [3.8, 4) is 17.1 Å². The van der Waals surface area contributed by atoms with Gasteiger partial charge in [0.05, 0.1) is 11.1 Å². The number of carbonyl (C=O) groups is 1. The van der Waals surface area contributed by atoms with Gasteiger partial charge in [0.15, 0.2) is 11.6 Å². The van der Waals surface area contributed by atoms with Crippen LogP contribution in [-0.4, -0.2) is 39.1 Å². The Morgan fingerprint density at radius 1 is 1.10 bits per heavy atom. The summed E-state index contributed by atoms with van der Waals surface area (Å²) in [5.74, 6) is 2.00. The topological polar surface area (TPSA) is 106 Å². The number of unbranched alkanes of at least 4 members (excludes halogenated alkanes) is 1. The maximum absolute atomic E-state index is 12.5. The van der Waals surface area contributed by atoms with Crippen molar-refractivity contribution in [3.63, 3.8) is 0 Å². The molecule has 2 N–H and O–H groups in total. The van der Waals surface area contributed by atoms with Crippen LogP contribution in [0.15, 0.2) is 77.2 Å². The molecule has 0 fully saturated rings. The number of aromatic nitrogens is 4. The van der Waals surface area contributed by atoms with E-state index >= 15 is 0 Å². The summed E-state index contributed by atoms with van der Waals surface area (Å²) in [7, 11) is 0. The number of fused-ring (bicyclic) bond motifs is 1. The van der Waals surface area contributed by atoms with Crippen LogP contribution in [0.4, 0.5) is 5.69 Å². The van der Waals surface area contributed by atoms with Crippen molar-refractivity contribution in [1.82, 2.24) is 20.6 Å². The Hall–Kier alpha value is -4.17. The molecule has 5 aromatic rings. The second-order valence-corrected chi connectivity index (χ2v) is 9.82. The number of para-hydroxylation sites is 1. The number of aryl methyl sites for hydroxylation is 1. The molecule has 39 heavy (non-hydrogen) atoms. The Morgan fingerprint density at radius 3 is 2.69 bits per heavy atom. The fourth-order valence-corrected chi connectivity index (χ4v) is 4.65. The van der Waals surface area contributed by atoms with Crippen molar-refractivity contribution in [3.05, 3.63) is 89.2 Å².